The van der Waals surface area contributed by atoms with E-state index >= 15 is 0 Å². The third-order valence-corrected chi connectivity index (χ3v) is 6.22. The van der Waals surface area contributed by atoms with Crippen LogP contribution in [0.15, 0.2) is 36.4 Å². The van der Waals surface area contributed by atoms with Crippen LogP contribution in [0.3, 0.4) is 0 Å². The van der Waals surface area contributed by atoms with Crippen molar-refractivity contribution in [3.05, 3.63) is 64.7 Å². The van der Waals surface area contributed by atoms with E-state index in [4.69, 9.17) is 0 Å². The Morgan fingerprint density at radius 3 is 1.88 bits per heavy atom. The van der Waals surface area contributed by atoms with Crippen LogP contribution in [0.1, 0.15) is 62.1 Å². The minimum atomic E-state index is -5.29. The van der Waals surface area contributed by atoms with Crippen LogP contribution in [0.4, 0.5) is 30.7 Å². The van der Waals surface area contributed by atoms with E-state index in [1.165, 1.54) is 44.2 Å². The molecule has 8 heteroatoms. The Labute approximate surface area is 182 Å². The van der Waals surface area contributed by atoms with E-state index in [2.05, 4.69) is 11.7 Å². The fraction of sp³-hybridized carbons (Fsp3) is 0.500. The van der Waals surface area contributed by atoms with Crippen molar-refractivity contribution in [1.82, 2.24) is 0 Å². The van der Waals surface area contributed by atoms with E-state index in [1.807, 2.05) is 0 Å². The molecule has 176 valence electrons. The summed E-state index contributed by atoms with van der Waals surface area (Å²) in [5, 5.41) is 0. The molecule has 0 radical (unpaired) electrons. The molecule has 0 unspecified atom stereocenters. The van der Waals surface area contributed by atoms with Crippen LogP contribution in [0.2, 0.25) is 0 Å². The highest BCUT2D eigenvalue weighted by Crippen LogP contribution is 2.38. The first-order valence-corrected chi connectivity index (χ1v) is 10.7. The van der Waals surface area contributed by atoms with Crippen molar-refractivity contribution in [2.45, 2.75) is 64.2 Å². The van der Waals surface area contributed by atoms with Crippen LogP contribution >= 0.6 is 0 Å². The van der Waals surface area contributed by atoms with E-state index in [9.17, 15) is 30.7 Å². The molecular weight excluding hydrogens is 437 g/mol. The van der Waals surface area contributed by atoms with Crippen molar-refractivity contribution in [2.75, 3.05) is 0 Å². The van der Waals surface area contributed by atoms with Gasteiger partial charge in [0.15, 0.2) is 0 Å². The number of rotatable bonds is 7. The normalized spacial score (nSPS) is 19.8. The summed E-state index contributed by atoms with van der Waals surface area (Å²) in [7, 11) is 0. The molecule has 0 spiro atoms. The smallest absolute Gasteiger partial charge is 0.426 e. The van der Waals surface area contributed by atoms with Crippen LogP contribution in [-0.2, 0) is 18.7 Å². The maximum atomic E-state index is 14.4. The molecule has 0 aliphatic heterocycles. The molecule has 0 bridgehead atoms. The lowest BCUT2D eigenvalue weighted by Gasteiger charge is -2.27. The number of alkyl halides is 5. The van der Waals surface area contributed by atoms with Gasteiger partial charge in [-0.3, -0.25) is 0 Å². The molecule has 0 aromatic heterocycles. The van der Waals surface area contributed by atoms with E-state index in [-0.39, 0.29) is 12.1 Å². The minimum Gasteiger partial charge on any atom is -0.429 e. The standard InChI is InChI=1S/C24H25F7O/c1-2-15-3-5-16(6-4-15)7-8-17-9-11-18(12-10-17)24(30,31)32-19-13-20(25)22(21(26)14-19)23(27,28)29/h9-16H,2-8H2,1H3/t15-,16-. The summed E-state index contributed by atoms with van der Waals surface area (Å²) in [6, 6.07) is 5.58. The molecule has 0 N–H and O–H groups in total. The minimum absolute atomic E-state index is 0.0987. The Bertz CT molecular complexity index is 875. The van der Waals surface area contributed by atoms with Crippen molar-refractivity contribution in [3.8, 4) is 5.75 Å². The lowest BCUT2D eigenvalue weighted by molar-refractivity contribution is -0.185. The molecule has 0 atom stereocenters. The Kier molecular flexibility index (Phi) is 7.40. The zero-order chi connectivity index (χ0) is 23.5. The van der Waals surface area contributed by atoms with Gasteiger partial charge >= 0.3 is 12.3 Å². The second-order valence-electron chi connectivity index (χ2n) is 8.41. The third kappa shape index (κ3) is 5.95. The molecule has 32 heavy (non-hydrogen) atoms. The molecule has 3 rings (SSSR count). The highest BCUT2D eigenvalue weighted by molar-refractivity contribution is 5.33. The molecule has 1 saturated carbocycles. The summed E-state index contributed by atoms with van der Waals surface area (Å²) in [5.74, 6) is -3.64. The van der Waals surface area contributed by atoms with E-state index < -0.39 is 40.8 Å². The summed E-state index contributed by atoms with van der Waals surface area (Å²) in [4.78, 5) is 0. The van der Waals surface area contributed by atoms with Crippen LogP contribution < -0.4 is 4.74 Å². The monoisotopic (exact) mass is 462 g/mol. The van der Waals surface area contributed by atoms with E-state index in [1.54, 1.807) is 0 Å². The summed E-state index contributed by atoms with van der Waals surface area (Å²) >= 11 is 0. The number of ether oxygens (including phenoxy) is 1. The quantitative estimate of drug-likeness (QED) is 0.376. The van der Waals surface area contributed by atoms with Crippen LogP contribution in [-0.4, -0.2) is 0 Å². The maximum Gasteiger partial charge on any atom is 0.426 e. The van der Waals surface area contributed by atoms with Crippen LogP contribution in [0.5, 0.6) is 5.75 Å². The predicted octanol–water partition coefficient (Wildman–Crippen LogP) is 8.26. The third-order valence-electron chi connectivity index (χ3n) is 6.22. The molecular formula is C24H25F7O. The molecule has 0 saturated heterocycles. The van der Waals surface area contributed by atoms with E-state index in [0.29, 0.717) is 5.92 Å². The molecule has 1 fully saturated rings. The Morgan fingerprint density at radius 1 is 0.844 bits per heavy atom. The van der Waals surface area contributed by atoms with Gasteiger partial charge in [-0.05, 0) is 42.4 Å². The van der Waals surface area contributed by atoms with Gasteiger partial charge in [0.05, 0.1) is 5.56 Å². The first-order chi connectivity index (χ1) is 15.0. The van der Waals surface area contributed by atoms with Gasteiger partial charge < -0.3 is 4.74 Å². The predicted molar refractivity (Wildman–Crippen MR) is 106 cm³/mol. The van der Waals surface area contributed by atoms with Crippen molar-refractivity contribution >= 4 is 0 Å². The second-order valence-corrected chi connectivity index (χ2v) is 8.41. The number of aryl methyl sites for hydroxylation is 1. The first kappa shape index (κ1) is 24.4. The fourth-order valence-corrected chi connectivity index (χ4v) is 4.25. The molecule has 0 heterocycles. The Morgan fingerprint density at radius 2 is 1.38 bits per heavy atom. The average Bonchev–Trinajstić information content (AvgIpc) is 2.71. The van der Waals surface area contributed by atoms with Crippen molar-refractivity contribution in [3.63, 3.8) is 0 Å². The van der Waals surface area contributed by atoms with Gasteiger partial charge in [0, 0.05) is 12.1 Å². The van der Waals surface area contributed by atoms with Crippen molar-refractivity contribution in [2.24, 2.45) is 11.8 Å². The number of hydrogen-bond acceptors (Lipinski definition) is 1. The summed E-state index contributed by atoms with van der Waals surface area (Å²) in [5.41, 5.74) is -1.83. The lowest BCUT2D eigenvalue weighted by atomic mass is 9.78. The molecule has 2 aromatic rings. The molecule has 1 nitrogen and oxygen atoms in total. The second kappa shape index (κ2) is 9.71. The highest BCUT2D eigenvalue weighted by Gasteiger charge is 2.40. The molecule has 0 amide bonds. The van der Waals surface area contributed by atoms with Gasteiger partial charge in [-0.2, -0.15) is 22.0 Å². The highest BCUT2D eigenvalue weighted by atomic mass is 19.4. The lowest BCUT2D eigenvalue weighted by Crippen LogP contribution is -2.22. The topological polar surface area (TPSA) is 9.23 Å². The van der Waals surface area contributed by atoms with Crippen molar-refractivity contribution in [1.29, 1.82) is 0 Å². The zero-order valence-electron chi connectivity index (χ0n) is 17.6. The van der Waals surface area contributed by atoms with Gasteiger partial charge in [-0.25, -0.2) is 8.78 Å². The SMILES string of the molecule is CC[C@H]1CC[C@H](CCc2ccc(C(F)(F)Oc3cc(F)c(C(F)(F)F)c(F)c3)cc2)CC1. The van der Waals surface area contributed by atoms with Crippen LogP contribution in [0.25, 0.3) is 0 Å². The first-order valence-electron chi connectivity index (χ1n) is 10.7. The van der Waals surface area contributed by atoms with Crippen molar-refractivity contribution < 1.29 is 35.5 Å². The van der Waals surface area contributed by atoms with Crippen LogP contribution in [0, 0.1) is 23.5 Å². The van der Waals surface area contributed by atoms with Gasteiger partial charge in [-0.15, -0.1) is 0 Å². The fourth-order valence-electron chi connectivity index (χ4n) is 4.25. The zero-order valence-corrected chi connectivity index (χ0v) is 17.6. The summed E-state index contributed by atoms with van der Waals surface area (Å²) < 4.78 is 98.4. The number of halogens is 7. The average molecular weight is 462 g/mol. The Hall–Kier alpha value is -2.25. The van der Waals surface area contributed by atoms with Gasteiger partial charge in [0.1, 0.15) is 22.9 Å². The molecule has 1 aliphatic rings. The largest absolute Gasteiger partial charge is 0.429 e. The molecule has 2 aromatic carbocycles. The Balaban J connectivity index is 1.62. The molecule has 1 aliphatic carbocycles. The van der Waals surface area contributed by atoms with Gasteiger partial charge in [0.25, 0.3) is 0 Å². The summed E-state index contributed by atoms with van der Waals surface area (Å²) in [6.45, 7) is 2.20. The van der Waals surface area contributed by atoms with Gasteiger partial charge in [0.2, 0.25) is 0 Å². The van der Waals surface area contributed by atoms with E-state index in [0.717, 1.165) is 36.5 Å². The van der Waals surface area contributed by atoms with Gasteiger partial charge in [-0.1, -0.05) is 51.2 Å². The number of hydrogen-bond donors (Lipinski definition) is 0. The number of benzene rings is 2. The maximum absolute atomic E-state index is 14.4. The summed E-state index contributed by atoms with van der Waals surface area (Å²) in [6.07, 6.45) is -1.50.